The van der Waals surface area contributed by atoms with Gasteiger partial charge < -0.3 is 4.74 Å². The molecule has 23 heavy (non-hydrogen) atoms. The molecule has 0 saturated carbocycles. The molecule has 0 aliphatic carbocycles. The number of rotatable bonds is 4. The molecule has 0 bridgehead atoms. The van der Waals surface area contributed by atoms with Gasteiger partial charge in [-0.25, -0.2) is 0 Å². The minimum Gasteiger partial charge on any atom is -0.457 e. The molecule has 0 saturated heterocycles. The largest absolute Gasteiger partial charge is 0.457 e. The van der Waals surface area contributed by atoms with E-state index < -0.39 is 0 Å². The lowest BCUT2D eigenvalue weighted by Gasteiger charge is -2.07. The van der Waals surface area contributed by atoms with Crippen LogP contribution in [0.25, 0.3) is 0 Å². The lowest BCUT2D eigenvalue weighted by molar-refractivity contribution is 0.103. The van der Waals surface area contributed by atoms with Crippen LogP contribution in [0.5, 0.6) is 11.5 Å². The number of hydrogen-bond donors (Lipinski definition) is 0. The Balaban J connectivity index is 1.82. The Morgan fingerprint density at radius 3 is 2.13 bits per heavy atom. The topological polar surface area (TPSA) is 26.3 Å². The number of ketones is 1. The number of benzene rings is 3. The van der Waals surface area contributed by atoms with Gasteiger partial charge in [-0.05, 0) is 54.6 Å². The Hall–Kier alpha value is -2.29. The third kappa shape index (κ3) is 3.73. The van der Waals surface area contributed by atoms with Gasteiger partial charge in [-0.3, -0.25) is 4.79 Å². The van der Waals surface area contributed by atoms with E-state index in [1.165, 1.54) is 0 Å². The summed E-state index contributed by atoms with van der Waals surface area (Å²) in [6.45, 7) is 0. The van der Waals surface area contributed by atoms with E-state index in [0.717, 1.165) is 5.75 Å². The molecule has 0 amide bonds. The molecule has 3 rings (SSSR count). The molecule has 0 aromatic heterocycles. The second-order valence-electron chi connectivity index (χ2n) is 4.89. The monoisotopic (exact) mass is 342 g/mol. The molecular weight excluding hydrogens is 331 g/mol. The molecule has 3 aromatic carbocycles. The van der Waals surface area contributed by atoms with Crippen LogP contribution in [0.2, 0.25) is 10.0 Å². The van der Waals surface area contributed by atoms with E-state index in [4.69, 9.17) is 27.9 Å². The minimum atomic E-state index is -0.177. The van der Waals surface area contributed by atoms with Gasteiger partial charge in [-0.2, -0.15) is 0 Å². The summed E-state index contributed by atoms with van der Waals surface area (Å²) in [5.41, 5.74) is 0.908. The molecular formula is C19H12Cl2O2. The summed E-state index contributed by atoms with van der Waals surface area (Å²) in [6, 6.07) is 21.2. The summed E-state index contributed by atoms with van der Waals surface area (Å²) in [4.78, 5) is 12.5. The zero-order valence-corrected chi connectivity index (χ0v) is 13.5. The Morgan fingerprint density at radius 1 is 0.783 bits per heavy atom. The van der Waals surface area contributed by atoms with Gasteiger partial charge in [0.05, 0.1) is 5.02 Å². The van der Waals surface area contributed by atoms with Crippen LogP contribution in [0.3, 0.4) is 0 Å². The summed E-state index contributed by atoms with van der Waals surface area (Å²) in [5.74, 6) is 1.22. The van der Waals surface area contributed by atoms with Gasteiger partial charge in [0, 0.05) is 16.1 Å². The maximum absolute atomic E-state index is 12.5. The van der Waals surface area contributed by atoms with Crippen LogP contribution in [0.15, 0.2) is 72.8 Å². The van der Waals surface area contributed by atoms with Gasteiger partial charge in [0.25, 0.3) is 0 Å². The first-order chi connectivity index (χ1) is 11.1. The van der Waals surface area contributed by atoms with Crippen molar-refractivity contribution in [3.05, 3.63) is 94.0 Å². The Bertz CT molecular complexity index is 828. The van der Waals surface area contributed by atoms with E-state index in [-0.39, 0.29) is 5.78 Å². The molecule has 0 fully saturated rings. The number of hydrogen-bond acceptors (Lipinski definition) is 2. The lowest BCUT2D eigenvalue weighted by Crippen LogP contribution is -2.02. The summed E-state index contributed by atoms with van der Waals surface area (Å²) in [6.07, 6.45) is 0. The Kier molecular flexibility index (Phi) is 4.65. The molecule has 0 N–H and O–H groups in total. The average Bonchev–Trinajstić information content (AvgIpc) is 2.58. The van der Waals surface area contributed by atoms with Crippen LogP contribution >= 0.6 is 23.2 Å². The molecule has 4 heteroatoms. The van der Waals surface area contributed by atoms with Crippen molar-refractivity contribution in [1.82, 2.24) is 0 Å². The van der Waals surface area contributed by atoms with Gasteiger partial charge in [0.15, 0.2) is 5.78 Å². The Morgan fingerprint density at radius 2 is 1.43 bits per heavy atom. The van der Waals surface area contributed by atoms with Crippen LogP contribution in [-0.2, 0) is 0 Å². The SMILES string of the molecule is O=C(c1ccc(Oc2ccccc2)cc1)c1cc(Cl)ccc1Cl. The molecule has 0 unspecified atom stereocenters. The zero-order valence-electron chi connectivity index (χ0n) is 12.0. The van der Waals surface area contributed by atoms with Crippen molar-refractivity contribution in [1.29, 1.82) is 0 Å². The van der Waals surface area contributed by atoms with Gasteiger partial charge >= 0.3 is 0 Å². The highest BCUT2D eigenvalue weighted by molar-refractivity contribution is 6.36. The van der Waals surface area contributed by atoms with Crippen LogP contribution in [0, 0.1) is 0 Å². The van der Waals surface area contributed by atoms with Crippen molar-refractivity contribution < 1.29 is 9.53 Å². The highest BCUT2D eigenvalue weighted by atomic mass is 35.5. The molecule has 0 aliphatic rings. The molecule has 114 valence electrons. The van der Waals surface area contributed by atoms with Gasteiger partial charge in [-0.1, -0.05) is 41.4 Å². The zero-order chi connectivity index (χ0) is 16.2. The summed E-state index contributed by atoms with van der Waals surface area (Å²) < 4.78 is 5.70. The number of carbonyl (C=O) groups excluding carboxylic acids is 1. The van der Waals surface area contributed by atoms with Crippen LogP contribution < -0.4 is 4.74 Å². The quantitative estimate of drug-likeness (QED) is 0.542. The molecule has 3 aromatic rings. The fourth-order valence-corrected chi connectivity index (χ4v) is 2.50. The van der Waals surface area contributed by atoms with Gasteiger partial charge in [0.2, 0.25) is 0 Å². The van der Waals surface area contributed by atoms with Crippen molar-refractivity contribution in [2.75, 3.05) is 0 Å². The third-order valence-electron chi connectivity index (χ3n) is 3.27. The van der Waals surface area contributed by atoms with Crippen molar-refractivity contribution in [3.63, 3.8) is 0 Å². The standard InChI is InChI=1S/C19H12Cl2O2/c20-14-8-11-18(21)17(12-14)19(22)13-6-9-16(10-7-13)23-15-4-2-1-3-5-15/h1-12H. The van der Waals surface area contributed by atoms with Crippen LogP contribution in [0.4, 0.5) is 0 Å². The van der Waals surface area contributed by atoms with Gasteiger partial charge in [-0.15, -0.1) is 0 Å². The summed E-state index contributed by atoms with van der Waals surface area (Å²) in [5, 5.41) is 0.853. The van der Waals surface area contributed by atoms with E-state index in [9.17, 15) is 4.79 Å². The number of para-hydroxylation sites is 1. The highest BCUT2D eigenvalue weighted by Crippen LogP contribution is 2.25. The van der Waals surface area contributed by atoms with Crippen LogP contribution in [-0.4, -0.2) is 5.78 Å². The van der Waals surface area contributed by atoms with Gasteiger partial charge in [0.1, 0.15) is 11.5 Å². The number of ether oxygens (including phenoxy) is 1. The molecule has 0 atom stereocenters. The second-order valence-corrected chi connectivity index (χ2v) is 5.74. The molecule has 0 heterocycles. The highest BCUT2D eigenvalue weighted by Gasteiger charge is 2.13. The molecule has 2 nitrogen and oxygen atoms in total. The lowest BCUT2D eigenvalue weighted by atomic mass is 10.0. The van der Waals surface area contributed by atoms with E-state index in [1.807, 2.05) is 30.3 Å². The smallest absolute Gasteiger partial charge is 0.194 e. The second kappa shape index (κ2) is 6.86. The molecule has 0 radical (unpaired) electrons. The van der Waals surface area contributed by atoms with Crippen LogP contribution in [0.1, 0.15) is 15.9 Å². The third-order valence-corrected chi connectivity index (χ3v) is 3.83. The Labute approximate surface area is 144 Å². The predicted molar refractivity (Wildman–Crippen MR) is 92.9 cm³/mol. The first kappa shape index (κ1) is 15.6. The van der Waals surface area contributed by atoms with E-state index >= 15 is 0 Å². The van der Waals surface area contributed by atoms with E-state index in [1.54, 1.807) is 42.5 Å². The van der Waals surface area contributed by atoms with Crippen molar-refractivity contribution in [2.45, 2.75) is 0 Å². The van der Waals surface area contributed by atoms with Crippen molar-refractivity contribution >= 4 is 29.0 Å². The average molecular weight is 343 g/mol. The first-order valence-electron chi connectivity index (χ1n) is 6.96. The fourth-order valence-electron chi connectivity index (χ4n) is 2.13. The summed E-state index contributed by atoms with van der Waals surface area (Å²) in [7, 11) is 0. The number of halogens is 2. The van der Waals surface area contributed by atoms with Crippen molar-refractivity contribution in [2.24, 2.45) is 0 Å². The predicted octanol–water partition coefficient (Wildman–Crippen LogP) is 6.02. The molecule has 0 spiro atoms. The van der Waals surface area contributed by atoms with E-state index in [0.29, 0.717) is 26.9 Å². The maximum atomic E-state index is 12.5. The first-order valence-corrected chi connectivity index (χ1v) is 7.72. The maximum Gasteiger partial charge on any atom is 0.194 e. The summed E-state index contributed by atoms with van der Waals surface area (Å²) >= 11 is 12.0. The normalized spacial score (nSPS) is 10.3. The van der Waals surface area contributed by atoms with Crippen molar-refractivity contribution in [3.8, 4) is 11.5 Å². The minimum absolute atomic E-state index is 0.177. The number of carbonyl (C=O) groups is 1. The van der Waals surface area contributed by atoms with E-state index in [2.05, 4.69) is 0 Å². The fraction of sp³-hybridized carbons (Fsp3) is 0. The molecule has 0 aliphatic heterocycles.